The molecule has 108 valence electrons. The number of thiazole rings is 1. The number of aryl methyl sites for hydroxylation is 2. The third kappa shape index (κ3) is 6.66. The van der Waals surface area contributed by atoms with Crippen molar-refractivity contribution in [3.8, 4) is 0 Å². The van der Waals surface area contributed by atoms with E-state index in [9.17, 15) is 4.79 Å². The first kappa shape index (κ1) is 16.1. The van der Waals surface area contributed by atoms with Gasteiger partial charge in [0, 0.05) is 31.3 Å². The molecule has 1 unspecified atom stereocenters. The molecule has 0 saturated carbocycles. The van der Waals surface area contributed by atoms with Crippen LogP contribution in [0.15, 0.2) is 5.38 Å². The first-order valence-corrected chi connectivity index (χ1v) is 7.44. The number of aromatic nitrogens is 1. The summed E-state index contributed by atoms with van der Waals surface area (Å²) in [6.07, 6.45) is 3.14. The molecule has 0 fully saturated rings. The first-order chi connectivity index (χ1) is 9.15. The maximum atomic E-state index is 11.6. The molecule has 0 radical (unpaired) electrons. The smallest absolute Gasteiger partial charge is 0.222 e. The maximum absolute atomic E-state index is 11.6. The average molecular weight is 285 g/mol. The zero-order valence-electron chi connectivity index (χ0n) is 11.6. The molecular formula is C13H23N3O2S. The van der Waals surface area contributed by atoms with Gasteiger partial charge in [0.05, 0.1) is 17.5 Å². The summed E-state index contributed by atoms with van der Waals surface area (Å²) in [7, 11) is 1.57. The number of rotatable bonds is 9. The van der Waals surface area contributed by atoms with Crippen molar-refractivity contribution < 1.29 is 9.53 Å². The fourth-order valence-electron chi connectivity index (χ4n) is 1.69. The van der Waals surface area contributed by atoms with Gasteiger partial charge >= 0.3 is 0 Å². The molecule has 0 aliphatic heterocycles. The van der Waals surface area contributed by atoms with E-state index < -0.39 is 0 Å². The van der Waals surface area contributed by atoms with Crippen LogP contribution in [0.2, 0.25) is 0 Å². The van der Waals surface area contributed by atoms with Crippen molar-refractivity contribution in [2.24, 2.45) is 5.73 Å². The van der Waals surface area contributed by atoms with Crippen LogP contribution in [0, 0.1) is 6.92 Å². The molecule has 0 spiro atoms. The Labute approximate surface area is 118 Å². The molecular weight excluding hydrogens is 262 g/mol. The minimum absolute atomic E-state index is 0.00222. The van der Waals surface area contributed by atoms with E-state index in [1.807, 2.05) is 6.92 Å². The van der Waals surface area contributed by atoms with E-state index in [4.69, 9.17) is 10.5 Å². The van der Waals surface area contributed by atoms with E-state index in [1.54, 1.807) is 18.4 Å². The van der Waals surface area contributed by atoms with Crippen LogP contribution in [-0.4, -0.2) is 37.2 Å². The number of carbonyl (C=O) groups is 1. The van der Waals surface area contributed by atoms with Gasteiger partial charge in [-0.25, -0.2) is 4.98 Å². The highest BCUT2D eigenvalue weighted by Crippen LogP contribution is 2.11. The maximum Gasteiger partial charge on any atom is 0.222 e. The number of carbonyl (C=O) groups excluding carboxylic acids is 1. The molecule has 1 rings (SSSR count). The third-order valence-electron chi connectivity index (χ3n) is 2.82. The quantitative estimate of drug-likeness (QED) is 0.670. The molecule has 0 aliphatic rings. The van der Waals surface area contributed by atoms with Gasteiger partial charge in [-0.05, 0) is 26.2 Å². The Bertz CT molecular complexity index is 378. The van der Waals surface area contributed by atoms with Crippen LogP contribution >= 0.6 is 11.3 Å². The summed E-state index contributed by atoms with van der Waals surface area (Å²) in [5.74, 6) is 0.00222. The van der Waals surface area contributed by atoms with Gasteiger partial charge < -0.3 is 15.8 Å². The summed E-state index contributed by atoms with van der Waals surface area (Å²) in [4.78, 5) is 16.0. The molecule has 0 bridgehead atoms. The van der Waals surface area contributed by atoms with Gasteiger partial charge in [-0.2, -0.15) is 0 Å². The number of unbranched alkanes of at least 4 members (excludes halogenated alkanes) is 1. The molecule has 0 saturated heterocycles. The lowest BCUT2D eigenvalue weighted by Gasteiger charge is -2.12. The second kappa shape index (κ2) is 9.01. The lowest BCUT2D eigenvalue weighted by atomic mass is 10.2. The van der Waals surface area contributed by atoms with Gasteiger partial charge in [0.15, 0.2) is 0 Å². The number of nitrogens with zero attached hydrogens (tertiary/aromatic N) is 1. The molecule has 1 aromatic heterocycles. The summed E-state index contributed by atoms with van der Waals surface area (Å²) < 4.78 is 5.07. The van der Waals surface area contributed by atoms with Crippen LogP contribution in [-0.2, 0) is 16.0 Å². The number of ether oxygens (including phenoxy) is 1. The summed E-state index contributed by atoms with van der Waals surface area (Å²) in [5, 5.41) is 6.12. The highest BCUT2D eigenvalue weighted by molar-refractivity contribution is 7.09. The van der Waals surface area contributed by atoms with E-state index >= 15 is 0 Å². The normalized spacial score (nSPS) is 12.4. The zero-order chi connectivity index (χ0) is 14.1. The van der Waals surface area contributed by atoms with Crippen molar-refractivity contribution >= 4 is 17.2 Å². The van der Waals surface area contributed by atoms with Crippen LogP contribution in [0.3, 0.4) is 0 Å². The number of methoxy groups -OCH3 is 1. The largest absolute Gasteiger partial charge is 0.380 e. The molecule has 0 aliphatic carbocycles. The van der Waals surface area contributed by atoms with E-state index in [2.05, 4.69) is 15.7 Å². The minimum atomic E-state index is -0.182. The predicted octanol–water partition coefficient (Wildman–Crippen LogP) is 1.25. The lowest BCUT2D eigenvalue weighted by Crippen LogP contribution is -2.32. The minimum Gasteiger partial charge on any atom is -0.380 e. The number of nitrogens with two attached hydrogens (primary N) is 1. The van der Waals surface area contributed by atoms with E-state index in [0.29, 0.717) is 19.5 Å². The Morgan fingerprint density at radius 3 is 2.95 bits per heavy atom. The predicted molar refractivity (Wildman–Crippen MR) is 77.3 cm³/mol. The van der Waals surface area contributed by atoms with Crippen molar-refractivity contribution in [1.82, 2.24) is 10.3 Å². The van der Waals surface area contributed by atoms with E-state index in [1.165, 1.54) is 5.01 Å². The van der Waals surface area contributed by atoms with Gasteiger partial charge in [0.2, 0.25) is 5.91 Å². The number of amides is 1. The molecule has 6 heteroatoms. The zero-order valence-corrected chi connectivity index (χ0v) is 12.5. The van der Waals surface area contributed by atoms with Gasteiger partial charge in [-0.15, -0.1) is 11.3 Å². The van der Waals surface area contributed by atoms with Gasteiger partial charge in [0.1, 0.15) is 0 Å². The van der Waals surface area contributed by atoms with Crippen LogP contribution in [0.4, 0.5) is 0 Å². The monoisotopic (exact) mass is 285 g/mol. The van der Waals surface area contributed by atoms with Crippen LogP contribution in [0.25, 0.3) is 0 Å². The van der Waals surface area contributed by atoms with Gasteiger partial charge in [-0.3, -0.25) is 4.79 Å². The second-order valence-electron chi connectivity index (χ2n) is 4.49. The number of hydrogen-bond acceptors (Lipinski definition) is 5. The SMILES string of the molecule is COC(CN)CC(=O)NCCCCc1nc(C)cs1. The van der Waals surface area contributed by atoms with Crippen molar-refractivity contribution in [2.45, 2.75) is 38.7 Å². The Morgan fingerprint density at radius 1 is 1.58 bits per heavy atom. The van der Waals surface area contributed by atoms with Crippen LogP contribution < -0.4 is 11.1 Å². The fraction of sp³-hybridized carbons (Fsp3) is 0.692. The highest BCUT2D eigenvalue weighted by atomic mass is 32.1. The van der Waals surface area contributed by atoms with E-state index in [0.717, 1.165) is 25.0 Å². The summed E-state index contributed by atoms with van der Waals surface area (Å²) >= 11 is 1.70. The Balaban J connectivity index is 2.05. The Hall–Kier alpha value is -0.980. The molecule has 3 N–H and O–H groups in total. The summed E-state index contributed by atoms with van der Waals surface area (Å²) in [6.45, 7) is 3.07. The molecule has 0 aromatic carbocycles. The Morgan fingerprint density at radius 2 is 2.37 bits per heavy atom. The van der Waals surface area contributed by atoms with Gasteiger partial charge in [-0.1, -0.05) is 0 Å². The molecule has 1 atom stereocenters. The number of hydrogen-bond donors (Lipinski definition) is 2. The third-order valence-corrected chi connectivity index (χ3v) is 3.84. The van der Waals surface area contributed by atoms with Crippen molar-refractivity contribution in [1.29, 1.82) is 0 Å². The van der Waals surface area contributed by atoms with Crippen molar-refractivity contribution in [2.75, 3.05) is 20.2 Å². The van der Waals surface area contributed by atoms with Crippen molar-refractivity contribution in [3.05, 3.63) is 16.1 Å². The molecule has 5 nitrogen and oxygen atoms in total. The summed E-state index contributed by atoms with van der Waals surface area (Å²) in [6, 6.07) is 0. The van der Waals surface area contributed by atoms with Gasteiger partial charge in [0.25, 0.3) is 0 Å². The van der Waals surface area contributed by atoms with Crippen molar-refractivity contribution in [3.63, 3.8) is 0 Å². The molecule has 19 heavy (non-hydrogen) atoms. The highest BCUT2D eigenvalue weighted by Gasteiger charge is 2.10. The van der Waals surface area contributed by atoms with Crippen LogP contribution in [0.1, 0.15) is 30.0 Å². The molecule has 1 amide bonds. The van der Waals surface area contributed by atoms with Crippen LogP contribution in [0.5, 0.6) is 0 Å². The first-order valence-electron chi connectivity index (χ1n) is 6.56. The summed E-state index contributed by atoms with van der Waals surface area (Å²) in [5.41, 5.74) is 6.55. The molecule has 1 heterocycles. The lowest BCUT2D eigenvalue weighted by molar-refractivity contribution is -0.123. The fourth-order valence-corrected chi connectivity index (χ4v) is 2.51. The second-order valence-corrected chi connectivity index (χ2v) is 5.43. The standard InChI is InChI=1S/C13H23N3O2S/c1-10-9-19-13(16-10)5-3-4-6-15-12(17)7-11(8-14)18-2/h9,11H,3-8,14H2,1-2H3,(H,15,17). The topological polar surface area (TPSA) is 77.2 Å². The average Bonchev–Trinajstić information content (AvgIpc) is 2.81. The Kier molecular flexibility index (Phi) is 7.62. The number of nitrogens with one attached hydrogen (secondary N) is 1. The van der Waals surface area contributed by atoms with E-state index in [-0.39, 0.29) is 12.0 Å². The molecule has 1 aromatic rings.